The fourth-order valence-electron chi connectivity index (χ4n) is 2.72. The second-order valence-electron chi connectivity index (χ2n) is 7.14. The van der Waals surface area contributed by atoms with E-state index >= 15 is 0 Å². The number of rotatable bonds is 13. The summed E-state index contributed by atoms with van der Waals surface area (Å²) in [6.07, 6.45) is -5.36. The molecule has 0 spiro atoms. The van der Waals surface area contributed by atoms with Crippen molar-refractivity contribution in [2.24, 2.45) is 10.2 Å². The number of aliphatic hydroxyl groups excluding tert-OH is 4. The van der Waals surface area contributed by atoms with Crippen LogP contribution in [0.5, 0.6) is 0 Å². The molecule has 0 amide bonds. The summed E-state index contributed by atoms with van der Waals surface area (Å²) in [5.41, 5.74) is 0.248. The molecule has 0 aliphatic carbocycles. The predicted octanol–water partition coefficient (Wildman–Crippen LogP) is 0.260. The zero-order valence-electron chi connectivity index (χ0n) is 18.7. The molecule has 0 aliphatic rings. The van der Waals surface area contributed by atoms with Gasteiger partial charge in [0.2, 0.25) is 0 Å². The van der Waals surface area contributed by atoms with Crippen molar-refractivity contribution in [1.29, 1.82) is 0 Å². The number of benzene rings is 2. The summed E-state index contributed by atoms with van der Waals surface area (Å²) in [5.74, 6) is 0. The number of nitro benzene ring substituents is 4. The van der Waals surface area contributed by atoms with Gasteiger partial charge in [0.15, 0.2) is 0 Å². The highest BCUT2D eigenvalue weighted by Gasteiger charge is 2.28. The maximum absolute atomic E-state index is 11.3. The molecule has 0 aromatic heterocycles. The van der Waals surface area contributed by atoms with Crippen molar-refractivity contribution in [3.63, 3.8) is 0 Å². The largest absolute Gasteiger partial charge is 0.394 e. The van der Waals surface area contributed by atoms with Crippen LogP contribution in [-0.4, -0.2) is 77.0 Å². The van der Waals surface area contributed by atoms with E-state index in [1.54, 1.807) is 0 Å². The molecule has 2 aromatic rings. The molecule has 0 heterocycles. The molecule has 0 saturated heterocycles. The van der Waals surface area contributed by atoms with Crippen LogP contribution in [0.15, 0.2) is 46.6 Å². The summed E-state index contributed by atoms with van der Waals surface area (Å²) in [6, 6.07) is 5.02. The Kier molecular flexibility index (Phi) is 9.70. The Balaban J connectivity index is 2.44. The Morgan fingerprint density at radius 1 is 0.816 bits per heavy atom. The van der Waals surface area contributed by atoms with Gasteiger partial charge in [-0.3, -0.25) is 51.3 Å². The Hall–Kier alpha value is -5.18. The first-order chi connectivity index (χ1) is 17.9. The average molecular weight is 538 g/mol. The second-order valence-corrected chi connectivity index (χ2v) is 7.14. The minimum absolute atomic E-state index is 0.333. The van der Waals surface area contributed by atoms with Gasteiger partial charge in [-0.2, -0.15) is 10.2 Å². The SMILES string of the molecule is O=[N+]([O-])c1ccc(N/N=C/C(=N\Nc2ccc([N+](=O)[O-])cc2[N+](=O)[O-])C(O)C(O)C(O)CO)c([N+](=O)[O-])c1. The first-order valence-electron chi connectivity index (χ1n) is 10.0. The quantitative estimate of drug-likeness (QED) is 0.113. The summed E-state index contributed by atoms with van der Waals surface area (Å²) in [5, 5.41) is 90.6. The molecule has 0 bridgehead atoms. The molecule has 0 aliphatic heterocycles. The summed E-state index contributed by atoms with van der Waals surface area (Å²) in [7, 11) is 0. The third kappa shape index (κ3) is 7.17. The van der Waals surface area contributed by atoms with Crippen LogP contribution in [0.1, 0.15) is 0 Å². The lowest BCUT2D eigenvalue weighted by molar-refractivity contribution is -0.393. The summed E-state index contributed by atoms with van der Waals surface area (Å²) >= 11 is 0. The standard InChI is InChI=1S/C18H18N8O12/c27-8-16(28)18(30)17(29)13(22-21-12-4-2-10(24(33)34)6-15(12)26(37)38)7-19-20-11-3-1-9(23(31)32)5-14(11)25(35)36/h1-7,16-18,20-21,27-30H,8H2/b19-7+,22-13+. The normalized spacial score (nSPS) is 13.9. The van der Waals surface area contributed by atoms with Crippen molar-refractivity contribution in [3.05, 3.63) is 76.9 Å². The number of anilines is 2. The van der Waals surface area contributed by atoms with Gasteiger partial charge in [-0.1, -0.05) is 0 Å². The van der Waals surface area contributed by atoms with E-state index < -0.39 is 78.8 Å². The van der Waals surface area contributed by atoms with Crippen molar-refractivity contribution < 1.29 is 40.1 Å². The first kappa shape index (κ1) is 29.1. The summed E-state index contributed by atoms with van der Waals surface area (Å²) < 4.78 is 0. The van der Waals surface area contributed by atoms with Gasteiger partial charge in [0, 0.05) is 12.1 Å². The highest BCUT2D eigenvalue weighted by molar-refractivity contribution is 6.33. The fourth-order valence-corrected chi connectivity index (χ4v) is 2.72. The lowest BCUT2D eigenvalue weighted by Crippen LogP contribution is -2.44. The molecule has 0 saturated carbocycles. The molecule has 20 heteroatoms. The number of nitrogens with zero attached hydrogens (tertiary/aromatic N) is 6. The van der Waals surface area contributed by atoms with Crippen LogP contribution >= 0.6 is 0 Å². The molecule has 38 heavy (non-hydrogen) atoms. The molecular weight excluding hydrogens is 520 g/mol. The van der Waals surface area contributed by atoms with Gasteiger partial charge in [-0.25, -0.2) is 0 Å². The average Bonchev–Trinajstić information content (AvgIpc) is 2.88. The molecule has 0 radical (unpaired) electrons. The summed E-state index contributed by atoms with van der Waals surface area (Å²) in [6.45, 7) is -0.989. The predicted molar refractivity (Wildman–Crippen MR) is 128 cm³/mol. The number of hydrazone groups is 2. The van der Waals surface area contributed by atoms with E-state index in [2.05, 4.69) is 21.1 Å². The summed E-state index contributed by atoms with van der Waals surface area (Å²) in [4.78, 5) is 40.7. The minimum atomic E-state index is -2.10. The van der Waals surface area contributed by atoms with Crippen LogP contribution in [0, 0.1) is 40.5 Å². The van der Waals surface area contributed by atoms with Crippen LogP contribution in [0.4, 0.5) is 34.1 Å². The van der Waals surface area contributed by atoms with Gasteiger partial charge in [0.05, 0.1) is 44.6 Å². The third-order valence-electron chi connectivity index (χ3n) is 4.67. The van der Waals surface area contributed by atoms with E-state index in [9.17, 15) is 55.8 Å². The van der Waals surface area contributed by atoms with E-state index in [-0.39, 0.29) is 5.69 Å². The van der Waals surface area contributed by atoms with Crippen LogP contribution in [0.2, 0.25) is 0 Å². The molecule has 2 rings (SSSR count). The second kappa shape index (κ2) is 12.7. The number of hydrogen-bond donors (Lipinski definition) is 6. The molecule has 3 atom stereocenters. The maximum atomic E-state index is 11.3. The van der Waals surface area contributed by atoms with Crippen molar-refractivity contribution in [2.45, 2.75) is 18.3 Å². The zero-order valence-corrected chi connectivity index (χ0v) is 18.7. The van der Waals surface area contributed by atoms with Gasteiger partial charge in [0.1, 0.15) is 35.4 Å². The van der Waals surface area contributed by atoms with Crippen LogP contribution in [-0.2, 0) is 0 Å². The fraction of sp³-hybridized carbons (Fsp3) is 0.222. The molecule has 0 fully saturated rings. The molecule has 202 valence electrons. The van der Waals surface area contributed by atoms with Gasteiger partial charge < -0.3 is 20.4 Å². The van der Waals surface area contributed by atoms with Gasteiger partial charge >= 0.3 is 11.4 Å². The Labute approximate surface area is 209 Å². The first-order valence-corrected chi connectivity index (χ1v) is 10.0. The molecular formula is C18H18N8O12. The minimum Gasteiger partial charge on any atom is -0.394 e. The Morgan fingerprint density at radius 3 is 1.71 bits per heavy atom. The number of non-ortho nitro benzene ring substituents is 2. The van der Waals surface area contributed by atoms with E-state index in [4.69, 9.17) is 5.11 Å². The molecule has 3 unspecified atom stereocenters. The Bertz CT molecular complexity index is 1300. The molecule has 2 aromatic carbocycles. The van der Waals surface area contributed by atoms with Crippen LogP contribution in [0.3, 0.4) is 0 Å². The van der Waals surface area contributed by atoms with E-state index in [0.717, 1.165) is 24.3 Å². The third-order valence-corrected chi connectivity index (χ3v) is 4.67. The van der Waals surface area contributed by atoms with Gasteiger partial charge in [-0.15, -0.1) is 0 Å². The van der Waals surface area contributed by atoms with Crippen LogP contribution < -0.4 is 10.9 Å². The number of nitro groups is 4. The van der Waals surface area contributed by atoms with E-state index in [1.165, 1.54) is 0 Å². The molecule has 20 nitrogen and oxygen atoms in total. The van der Waals surface area contributed by atoms with Crippen molar-refractivity contribution in [3.8, 4) is 0 Å². The smallest absolute Gasteiger partial charge is 0.301 e. The van der Waals surface area contributed by atoms with Crippen molar-refractivity contribution in [2.75, 3.05) is 17.5 Å². The number of aliphatic hydroxyl groups is 4. The van der Waals surface area contributed by atoms with Crippen molar-refractivity contribution >= 4 is 46.1 Å². The monoisotopic (exact) mass is 538 g/mol. The lowest BCUT2D eigenvalue weighted by atomic mass is 10.0. The maximum Gasteiger partial charge on any atom is 0.301 e. The highest BCUT2D eigenvalue weighted by atomic mass is 16.6. The van der Waals surface area contributed by atoms with E-state index in [1.807, 2.05) is 0 Å². The Morgan fingerprint density at radius 2 is 1.29 bits per heavy atom. The van der Waals surface area contributed by atoms with E-state index in [0.29, 0.717) is 18.3 Å². The number of nitrogens with one attached hydrogen (secondary N) is 2. The number of hydrogen-bond acceptors (Lipinski definition) is 16. The molecule has 6 N–H and O–H groups in total. The van der Waals surface area contributed by atoms with Crippen LogP contribution in [0.25, 0.3) is 0 Å². The van der Waals surface area contributed by atoms with Gasteiger partial charge in [0.25, 0.3) is 11.4 Å². The lowest BCUT2D eigenvalue weighted by Gasteiger charge is -2.21. The highest BCUT2D eigenvalue weighted by Crippen LogP contribution is 2.30. The van der Waals surface area contributed by atoms with Crippen molar-refractivity contribution in [1.82, 2.24) is 0 Å². The van der Waals surface area contributed by atoms with Gasteiger partial charge in [-0.05, 0) is 12.1 Å². The topological polar surface area (TPSA) is 302 Å². The zero-order chi connectivity index (χ0) is 28.6.